The van der Waals surface area contributed by atoms with Crippen LogP contribution in [0.4, 0.5) is 10.7 Å². The summed E-state index contributed by atoms with van der Waals surface area (Å²) < 4.78 is 5.09. The molecule has 10 heteroatoms. The maximum Gasteiger partial charge on any atom is 0.341 e. The first-order valence-electron chi connectivity index (χ1n) is 10.3. The molecule has 0 radical (unpaired) electrons. The maximum atomic E-state index is 12.6. The Balaban J connectivity index is 1.73. The van der Waals surface area contributed by atoms with Gasteiger partial charge in [-0.3, -0.25) is 14.4 Å². The Morgan fingerprint density at radius 2 is 1.84 bits per heavy atom. The lowest BCUT2D eigenvalue weighted by atomic mass is 10.1. The summed E-state index contributed by atoms with van der Waals surface area (Å²) in [7, 11) is 1.49. The fourth-order valence-corrected chi connectivity index (χ4v) is 4.21. The second-order valence-corrected chi connectivity index (χ2v) is 8.28. The van der Waals surface area contributed by atoms with Crippen molar-refractivity contribution in [3.8, 4) is 0 Å². The van der Waals surface area contributed by atoms with E-state index in [0.717, 1.165) is 24.2 Å². The second-order valence-electron chi connectivity index (χ2n) is 7.25. The lowest BCUT2D eigenvalue weighted by Crippen LogP contribution is -2.27. The molecule has 1 saturated carbocycles. The highest BCUT2D eigenvalue weighted by atomic mass is 32.1. The number of ether oxygens (including phenoxy) is 1. The molecule has 3 rings (SSSR count). The van der Waals surface area contributed by atoms with Crippen LogP contribution in [0.15, 0.2) is 24.3 Å². The van der Waals surface area contributed by atoms with Gasteiger partial charge in [0.15, 0.2) is 0 Å². The van der Waals surface area contributed by atoms with Crippen LogP contribution >= 0.6 is 11.3 Å². The molecule has 1 aromatic carbocycles. The molecule has 9 nitrogen and oxygen atoms in total. The van der Waals surface area contributed by atoms with Gasteiger partial charge in [0.25, 0.3) is 11.8 Å². The van der Waals surface area contributed by atoms with E-state index in [1.807, 2.05) is 0 Å². The number of rotatable bonds is 9. The quantitative estimate of drug-likeness (QED) is 0.428. The first-order valence-corrected chi connectivity index (χ1v) is 11.1. The fraction of sp³-hybridized carbons (Fsp3) is 0.364. The minimum atomic E-state index is -0.609. The van der Waals surface area contributed by atoms with Gasteiger partial charge in [0, 0.05) is 18.8 Å². The van der Waals surface area contributed by atoms with Crippen LogP contribution in [0.1, 0.15) is 55.7 Å². The van der Waals surface area contributed by atoms with Gasteiger partial charge in [-0.05, 0) is 44.4 Å². The fourth-order valence-electron chi connectivity index (χ4n) is 3.05. The van der Waals surface area contributed by atoms with Crippen molar-refractivity contribution in [2.75, 3.05) is 30.8 Å². The Kier molecular flexibility index (Phi) is 7.47. The number of nitrogens with one attached hydrogen (secondary N) is 4. The highest BCUT2D eigenvalue weighted by Crippen LogP contribution is 2.33. The topological polar surface area (TPSA) is 126 Å². The summed E-state index contributed by atoms with van der Waals surface area (Å²) in [5.41, 5.74) is 1.58. The second kappa shape index (κ2) is 10.3. The van der Waals surface area contributed by atoms with E-state index in [2.05, 4.69) is 21.3 Å². The monoisotopic (exact) mass is 458 g/mol. The standard InChI is InChI=1S/C22H26N4O5S/c1-4-31-22(30)17-12(2)18(20(29)23-3)32-21(17)26-16(27)11-24-15-8-6-5-7-14(15)19(28)25-13-9-10-13/h5-8,13,24H,4,9-11H2,1-3H3,(H,23,29)(H,25,28)(H,26,27). The molecule has 2 aromatic rings. The minimum Gasteiger partial charge on any atom is -0.462 e. The van der Waals surface area contributed by atoms with Gasteiger partial charge in [0.2, 0.25) is 5.91 Å². The van der Waals surface area contributed by atoms with E-state index in [9.17, 15) is 19.2 Å². The van der Waals surface area contributed by atoms with E-state index < -0.39 is 11.9 Å². The molecule has 1 aromatic heterocycles. The van der Waals surface area contributed by atoms with Crippen molar-refractivity contribution in [3.05, 3.63) is 45.8 Å². The van der Waals surface area contributed by atoms with E-state index in [1.165, 1.54) is 7.05 Å². The average molecular weight is 459 g/mol. The molecule has 4 N–H and O–H groups in total. The number of benzene rings is 1. The number of esters is 1. The smallest absolute Gasteiger partial charge is 0.341 e. The third kappa shape index (κ3) is 5.44. The van der Waals surface area contributed by atoms with E-state index in [-0.39, 0.29) is 41.6 Å². The SMILES string of the molecule is CCOC(=O)c1c(NC(=O)CNc2ccccc2C(=O)NC2CC2)sc(C(=O)NC)c1C. The maximum absolute atomic E-state index is 12.6. The van der Waals surface area contributed by atoms with Crippen LogP contribution in [0.25, 0.3) is 0 Å². The van der Waals surface area contributed by atoms with Crippen LogP contribution in [0.5, 0.6) is 0 Å². The third-order valence-electron chi connectivity index (χ3n) is 4.84. The van der Waals surface area contributed by atoms with Crippen LogP contribution in [0.2, 0.25) is 0 Å². The molecule has 32 heavy (non-hydrogen) atoms. The summed E-state index contributed by atoms with van der Waals surface area (Å²) in [5.74, 6) is -1.59. The van der Waals surface area contributed by atoms with Gasteiger partial charge in [-0.15, -0.1) is 11.3 Å². The van der Waals surface area contributed by atoms with E-state index in [0.29, 0.717) is 21.7 Å². The third-order valence-corrected chi connectivity index (χ3v) is 6.04. The Morgan fingerprint density at radius 1 is 1.12 bits per heavy atom. The molecule has 3 amide bonds. The zero-order chi connectivity index (χ0) is 23.3. The Bertz CT molecular complexity index is 1040. The lowest BCUT2D eigenvalue weighted by Gasteiger charge is -2.12. The molecule has 1 aliphatic rings. The minimum absolute atomic E-state index is 0.137. The summed E-state index contributed by atoms with van der Waals surface area (Å²) in [6, 6.07) is 7.16. The van der Waals surface area contributed by atoms with Crippen molar-refractivity contribution in [1.82, 2.24) is 10.6 Å². The normalized spacial score (nSPS) is 12.6. The summed E-state index contributed by atoms with van der Waals surface area (Å²) in [5, 5.41) is 11.4. The van der Waals surface area contributed by atoms with Gasteiger partial charge >= 0.3 is 5.97 Å². The first kappa shape index (κ1) is 23.3. The number of hydrogen-bond donors (Lipinski definition) is 4. The Hall–Kier alpha value is -3.40. The largest absolute Gasteiger partial charge is 0.462 e. The predicted molar refractivity (Wildman–Crippen MR) is 122 cm³/mol. The number of amides is 3. The summed E-state index contributed by atoms with van der Waals surface area (Å²) in [6.45, 7) is 3.34. The molecule has 170 valence electrons. The number of thiophene rings is 1. The number of anilines is 2. The highest BCUT2D eigenvalue weighted by Gasteiger charge is 2.27. The van der Waals surface area contributed by atoms with Crippen LogP contribution in [-0.4, -0.2) is 49.9 Å². The van der Waals surface area contributed by atoms with Crippen molar-refractivity contribution in [2.24, 2.45) is 0 Å². The molecule has 0 bridgehead atoms. The van der Waals surface area contributed by atoms with Gasteiger partial charge in [-0.1, -0.05) is 12.1 Å². The van der Waals surface area contributed by atoms with Crippen LogP contribution in [0, 0.1) is 6.92 Å². The number of para-hydroxylation sites is 1. The van der Waals surface area contributed by atoms with Gasteiger partial charge in [0.05, 0.1) is 29.2 Å². The van der Waals surface area contributed by atoms with E-state index in [4.69, 9.17) is 4.74 Å². The van der Waals surface area contributed by atoms with Crippen molar-refractivity contribution in [2.45, 2.75) is 32.7 Å². The summed E-state index contributed by atoms with van der Waals surface area (Å²) in [4.78, 5) is 49.9. The van der Waals surface area contributed by atoms with Crippen molar-refractivity contribution in [1.29, 1.82) is 0 Å². The molecule has 0 atom stereocenters. The molecular formula is C22H26N4O5S. The number of hydrogen-bond acceptors (Lipinski definition) is 7. The van der Waals surface area contributed by atoms with Crippen molar-refractivity contribution < 1.29 is 23.9 Å². The summed E-state index contributed by atoms with van der Waals surface area (Å²) in [6.07, 6.45) is 1.95. The van der Waals surface area contributed by atoms with Gasteiger partial charge < -0.3 is 26.0 Å². The highest BCUT2D eigenvalue weighted by molar-refractivity contribution is 7.18. The molecular weight excluding hydrogens is 432 g/mol. The van der Waals surface area contributed by atoms with Crippen LogP contribution in [-0.2, 0) is 9.53 Å². The van der Waals surface area contributed by atoms with E-state index in [1.54, 1.807) is 38.1 Å². The van der Waals surface area contributed by atoms with Crippen molar-refractivity contribution >= 4 is 45.7 Å². The number of carbonyl (C=O) groups excluding carboxylic acids is 4. The molecule has 1 heterocycles. The first-order chi connectivity index (χ1) is 15.3. The van der Waals surface area contributed by atoms with Crippen molar-refractivity contribution in [3.63, 3.8) is 0 Å². The van der Waals surface area contributed by atoms with Gasteiger partial charge in [0.1, 0.15) is 5.00 Å². The molecule has 0 saturated heterocycles. The molecule has 1 fully saturated rings. The zero-order valence-electron chi connectivity index (χ0n) is 18.2. The van der Waals surface area contributed by atoms with Gasteiger partial charge in [-0.25, -0.2) is 4.79 Å². The average Bonchev–Trinajstić information content (AvgIpc) is 3.53. The van der Waals surface area contributed by atoms with E-state index >= 15 is 0 Å². The zero-order valence-corrected chi connectivity index (χ0v) is 19.0. The summed E-state index contributed by atoms with van der Waals surface area (Å²) >= 11 is 1.01. The molecule has 0 unspecified atom stereocenters. The lowest BCUT2D eigenvalue weighted by molar-refractivity contribution is -0.114. The molecule has 1 aliphatic carbocycles. The van der Waals surface area contributed by atoms with Gasteiger partial charge in [-0.2, -0.15) is 0 Å². The number of carbonyl (C=O) groups is 4. The van der Waals surface area contributed by atoms with Crippen LogP contribution < -0.4 is 21.3 Å². The predicted octanol–water partition coefficient (Wildman–Crippen LogP) is 2.54. The Labute approximate surface area is 189 Å². The molecule has 0 aliphatic heterocycles. The molecule has 0 spiro atoms. The van der Waals surface area contributed by atoms with Crippen LogP contribution in [0.3, 0.4) is 0 Å². The Morgan fingerprint density at radius 3 is 2.50 bits per heavy atom.